The van der Waals surface area contributed by atoms with Crippen LogP contribution in [0, 0.1) is 0 Å². The molecule has 0 amide bonds. The van der Waals surface area contributed by atoms with E-state index in [-0.39, 0.29) is 0 Å². The molecule has 0 aliphatic carbocycles. The van der Waals surface area contributed by atoms with Crippen LogP contribution in [0.2, 0.25) is 0 Å². The van der Waals surface area contributed by atoms with E-state index in [2.05, 4.69) is 47.8 Å². The molecule has 2 aromatic carbocycles. The van der Waals surface area contributed by atoms with Crippen LogP contribution in [-0.4, -0.2) is 25.8 Å². The first-order chi connectivity index (χ1) is 9.42. The summed E-state index contributed by atoms with van der Waals surface area (Å²) in [5.74, 6) is 0. The van der Waals surface area contributed by atoms with E-state index in [0.29, 0.717) is 6.10 Å². The molecule has 2 heteroatoms. The van der Waals surface area contributed by atoms with Gasteiger partial charge in [0.05, 0.1) is 6.10 Å². The quantitative estimate of drug-likeness (QED) is 0.829. The molecule has 1 N–H and O–H groups in total. The summed E-state index contributed by atoms with van der Waals surface area (Å²) in [5.41, 5.74) is 1.40. The average molecular weight is 255 g/mol. The van der Waals surface area contributed by atoms with Crippen LogP contribution in [-0.2, 0) is 11.2 Å². The van der Waals surface area contributed by atoms with Gasteiger partial charge in [0.1, 0.15) is 0 Å². The van der Waals surface area contributed by atoms with Crippen molar-refractivity contribution >= 4 is 10.8 Å². The van der Waals surface area contributed by atoms with Gasteiger partial charge in [-0.1, -0.05) is 42.5 Å². The highest BCUT2D eigenvalue weighted by molar-refractivity contribution is 5.82. The van der Waals surface area contributed by atoms with E-state index in [1.165, 1.54) is 29.2 Å². The van der Waals surface area contributed by atoms with Crippen LogP contribution >= 0.6 is 0 Å². The molecule has 1 unspecified atom stereocenters. The Morgan fingerprint density at radius 2 is 2.00 bits per heavy atom. The lowest BCUT2D eigenvalue weighted by Gasteiger charge is -2.10. The Labute approximate surface area is 114 Å². The van der Waals surface area contributed by atoms with Crippen molar-refractivity contribution in [3.05, 3.63) is 48.0 Å². The Morgan fingerprint density at radius 3 is 2.84 bits per heavy atom. The van der Waals surface area contributed by atoms with E-state index in [1.54, 1.807) is 0 Å². The third-order valence-electron chi connectivity index (χ3n) is 3.80. The van der Waals surface area contributed by atoms with Crippen molar-refractivity contribution in [3.8, 4) is 0 Å². The highest BCUT2D eigenvalue weighted by Crippen LogP contribution is 2.16. The Balaban J connectivity index is 1.50. The SMILES string of the molecule is c1ccc2cc(CCNCC3CCCO3)ccc2c1. The highest BCUT2D eigenvalue weighted by atomic mass is 16.5. The fourth-order valence-corrected chi connectivity index (χ4v) is 2.70. The summed E-state index contributed by atoms with van der Waals surface area (Å²) >= 11 is 0. The number of fused-ring (bicyclic) bond motifs is 1. The zero-order chi connectivity index (χ0) is 12.9. The molecule has 19 heavy (non-hydrogen) atoms. The molecule has 0 radical (unpaired) electrons. The van der Waals surface area contributed by atoms with Gasteiger partial charge in [0.15, 0.2) is 0 Å². The second-order valence-electron chi connectivity index (χ2n) is 5.27. The van der Waals surface area contributed by atoms with Crippen molar-refractivity contribution in [2.45, 2.75) is 25.4 Å². The first-order valence-electron chi connectivity index (χ1n) is 7.22. The average Bonchev–Trinajstić information content (AvgIpc) is 2.97. The monoisotopic (exact) mass is 255 g/mol. The maximum atomic E-state index is 5.60. The van der Waals surface area contributed by atoms with Gasteiger partial charge in [0.25, 0.3) is 0 Å². The van der Waals surface area contributed by atoms with Gasteiger partial charge < -0.3 is 10.1 Å². The summed E-state index contributed by atoms with van der Waals surface area (Å²) in [7, 11) is 0. The Kier molecular flexibility index (Phi) is 4.11. The van der Waals surface area contributed by atoms with Crippen LogP contribution in [0.25, 0.3) is 10.8 Å². The third kappa shape index (κ3) is 3.34. The molecule has 0 bridgehead atoms. The van der Waals surface area contributed by atoms with Gasteiger partial charge in [0, 0.05) is 13.2 Å². The van der Waals surface area contributed by atoms with E-state index in [9.17, 15) is 0 Å². The van der Waals surface area contributed by atoms with Crippen molar-refractivity contribution in [3.63, 3.8) is 0 Å². The normalized spacial score (nSPS) is 19.1. The Hall–Kier alpha value is -1.38. The van der Waals surface area contributed by atoms with Gasteiger partial charge in [-0.2, -0.15) is 0 Å². The zero-order valence-corrected chi connectivity index (χ0v) is 11.3. The van der Waals surface area contributed by atoms with Crippen molar-refractivity contribution < 1.29 is 4.74 Å². The summed E-state index contributed by atoms with van der Waals surface area (Å²) in [5, 5.41) is 6.15. The predicted octanol–water partition coefficient (Wildman–Crippen LogP) is 3.15. The van der Waals surface area contributed by atoms with Crippen molar-refractivity contribution in [2.24, 2.45) is 0 Å². The first kappa shape index (κ1) is 12.6. The fraction of sp³-hybridized carbons (Fsp3) is 0.412. The summed E-state index contributed by atoms with van der Waals surface area (Å²) < 4.78 is 5.60. The second kappa shape index (κ2) is 6.18. The summed E-state index contributed by atoms with van der Waals surface area (Å²) in [4.78, 5) is 0. The molecule has 1 fully saturated rings. The summed E-state index contributed by atoms with van der Waals surface area (Å²) in [6.45, 7) is 2.96. The standard InChI is InChI=1S/C17H21NO/c1-2-5-16-12-14(7-8-15(16)4-1)9-10-18-13-17-6-3-11-19-17/h1-2,4-5,7-8,12,17-18H,3,6,9-11,13H2. The molecule has 1 saturated heterocycles. The van der Waals surface area contributed by atoms with E-state index >= 15 is 0 Å². The lowest BCUT2D eigenvalue weighted by atomic mass is 10.1. The van der Waals surface area contributed by atoms with E-state index < -0.39 is 0 Å². The first-order valence-corrected chi connectivity index (χ1v) is 7.22. The number of nitrogens with one attached hydrogen (secondary N) is 1. The van der Waals surface area contributed by atoms with E-state index in [4.69, 9.17) is 4.74 Å². The zero-order valence-electron chi connectivity index (χ0n) is 11.3. The van der Waals surface area contributed by atoms with Crippen LogP contribution in [0.15, 0.2) is 42.5 Å². The molecule has 0 saturated carbocycles. The molecular weight excluding hydrogens is 234 g/mol. The maximum absolute atomic E-state index is 5.60. The van der Waals surface area contributed by atoms with E-state index in [0.717, 1.165) is 26.1 Å². The van der Waals surface area contributed by atoms with Gasteiger partial charge in [-0.05, 0) is 42.1 Å². The lowest BCUT2D eigenvalue weighted by Crippen LogP contribution is -2.27. The van der Waals surface area contributed by atoms with Gasteiger partial charge in [-0.15, -0.1) is 0 Å². The number of hydrogen-bond donors (Lipinski definition) is 1. The van der Waals surface area contributed by atoms with Crippen LogP contribution < -0.4 is 5.32 Å². The minimum atomic E-state index is 0.441. The van der Waals surface area contributed by atoms with Crippen LogP contribution in [0.3, 0.4) is 0 Å². The van der Waals surface area contributed by atoms with Crippen LogP contribution in [0.4, 0.5) is 0 Å². The smallest absolute Gasteiger partial charge is 0.0700 e. The van der Waals surface area contributed by atoms with Crippen molar-refractivity contribution in [1.82, 2.24) is 5.32 Å². The number of rotatable bonds is 5. The Morgan fingerprint density at radius 1 is 1.11 bits per heavy atom. The lowest BCUT2D eigenvalue weighted by molar-refractivity contribution is 0.110. The number of benzene rings is 2. The van der Waals surface area contributed by atoms with Crippen LogP contribution in [0.1, 0.15) is 18.4 Å². The predicted molar refractivity (Wildman–Crippen MR) is 79.5 cm³/mol. The molecule has 0 aromatic heterocycles. The summed E-state index contributed by atoms with van der Waals surface area (Å²) in [6, 6.07) is 15.3. The Bertz CT molecular complexity index is 532. The molecule has 100 valence electrons. The molecule has 1 atom stereocenters. The molecule has 2 nitrogen and oxygen atoms in total. The van der Waals surface area contributed by atoms with Crippen molar-refractivity contribution in [2.75, 3.05) is 19.7 Å². The largest absolute Gasteiger partial charge is 0.377 e. The third-order valence-corrected chi connectivity index (χ3v) is 3.80. The second-order valence-corrected chi connectivity index (χ2v) is 5.27. The molecular formula is C17H21NO. The minimum absolute atomic E-state index is 0.441. The molecule has 1 heterocycles. The fourth-order valence-electron chi connectivity index (χ4n) is 2.70. The van der Waals surface area contributed by atoms with Gasteiger partial charge in [0.2, 0.25) is 0 Å². The van der Waals surface area contributed by atoms with Gasteiger partial charge in [-0.25, -0.2) is 0 Å². The molecule has 1 aliphatic rings. The number of ether oxygens (including phenoxy) is 1. The highest BCUT2D eigenvalue weighted by Gasteiger charge is 2.14. The topological polar surface area (TPSA) is 21.3 Å². The van der Waals surface area contributed by atoms with Gasteiger partial charge >= 0.3 is 0 Å². The van der Waals surface area contributed by atoms with E-state index in [1.807, 2.05) is 0 Å². The minimum Gasteiger partial charge on any atom is -0.377 e. The molecule has 1 aliphatic heterocycles. The van der Waals surface area contributed by atoms with Crippen molar-refractivity contribution in [1.29, 1.82) is 0 Å². The molecule has 0 spiro atoms. The number of hydrogen-bond acceptors (Lipinski definition) is 2. The van der Waals surface area contributed by atoms with Gasteiger partial charge in [-0.3, -0.25) is 0 Å². The maximum Gasteiger partial charge on any atom is 0.0700 e. The summed E-state index contributed by atoms with van der Waals surface area (Å²) in [6.07, 6.45) is 3.95. The molecule has 3 rings (SSSR count). The molecule has 2 aromatic rings. The van der Waals surface area contributed by atoms with Crippen LogP contribution in [0.5, 0.6) is 0 Å².